The van der Waals surface area contributed by atoms with Crippen molar-refractivity contribution < 1.29 is 24.6 Å². The summed E-state index contributed by atoms with van der Waals surface area (Å²) in [4.78, 5) is 36.9. The van der Waals surface area contributed by atoms with E-state index in [0.29, 0.717) is 11.1 Å². The molecule has 30 heavy (non-hydrogen) atoms. The Balaban J connectivity index is 1.76. The van der Waals surface area contributed by atoms with Gasteiger partial charge in [0, 0.05) is 12.0 Å². The SMILES string of the molecule is O=C(Nc1ccccc1C(=O)N[C@@H](Cc1ccc(O)cc1)C(=O)O)c1ccccc1. The maximum Gasteiger partial charge on any atom is 0.326 e. The van der Waals surface area contributed by atoms with Gasteiger partial charge in [-0.15, -0.1) is 0 Å². The lowest BCUT2D eigenvalue weighted by Gasteiger charge is -2.17. The Morgan fingerprint density at radius 2 is 1.43 bits per heavy atom. The topological polar surface area (TPSA) is 116 Å². The molecular weight excluding hydrogens is 384 g/mol. The van der Waals surface area contributed by atoms with Crippen LogP contribution in [0.4, 0.5) is 5.69 Å². The number of anilines is 1. The minimum absolute atomic E-state index is 0.0416. The molecule has 1 atom stereocenters. The van der Waals surface area contributed by atoms with Gasteiger partial charge in [-0.3, -0.25) is 9.59 Å². The average Bonchev–Trinajstić information content (AvgIpc) is 2.75. The Labute approximate surface area is 173 Å². The highest BCUT2D eigenvalue weighted by atomic mass is 16.4. The van der Waals surface area contributed by atoms with Crippen LogP contribution in [0.25, 0.3) is 0 Å². The summed E-state index contributed by atoms with van der Waals surface area (Å²) in [6.07, 6.45) is 0.0416. The van der Waals surface area contributed by atoms with Crippen molar-refractivity contribution in [3.8, 4) is 5.75 Å². The molecule has 7 heteroatoms. The number of hydrogen-bond donors (Lipinski definition) is 4. The molecule has 0 spiro atoms. The first-order valence-corrected chi connectivity index (χ1v) is 9.21. The highest BCUT2D eigenvalue weighted by molar-refractivity contribution is 6.09. The molecule has 0 unspecified atom stereocenters. The zero-order chi connectivity index (χ0) is 21.5. The summed E-state index contributed by atoms with van der Waals surface area (Å²) in [7, 11) is 0. The molecule has 0 saturated heterocycles. The van der Waals surface area contributed by atoms with Crippen LogP contribution in [0.1, 0.15) is 26.3 Å². The third kappa shape index (κ3) is 5.23. The van der Waals surface area contributed by atoms with E-state index in [9.17, 15) is 24.6 Å². The quantitative estimate of drug-likeness (QED) is 0.483. The second kappa shape index (κ2) is 9.38. The molecule has 3 aromatic rings. The monoisotopic (exact) mass is 404 g/mol. The number of phenols is 1. The van der Waals surface area contributed by atoms with Crippen LogP contribution in [0.3, 0.4) is 0 Å². The minimum atomic E-state index is -1.19. The number of carbonyl (C=O) groups excluding carboxylic acids is 2. The van der Waals surface area contributed by atoms with Crippen molar-refractivity contribution in [2.24, 2.45) is 0 Å². The van der Waals surface area contributed by atoms with Gasteiger partial charge in [0.1, 0.15) is 11.8 Å². The molecule has 0 heterocycles. The predicted octanol–water partition coefficient (Wildman–Crippen LogP) is 3.07. The lowest BCUT2D eigenvalue weighted by molar-refractivity contribution is -0.139. The van der Waals surface area contributed by atoms with E-state index in [1.807, 2.05) is 0 Å². The largest absolute Gasteiger partial charge is 0.508 e. The van der Waals surface area contributed by atoms with Crippen LogP contribution in [0, 0.1) is 0 Å². The van der Waals surface area contributed by atoms with Gasteiger partial charge in [0.15, 0.2) is 0 Å². The third-order valence-corrected chi connectivity index (χ3v) is 4.44. The number of amides is 2. The van der Waals surface area contributed by atoms with Crippen LogP contribution < -0.4 is 10.6 Å². The molecule has 0 saturated carbocycles. The average molecular weight is 404 g/mol. The van der Waals surface area contributed by atoms with Gasteiger partial charge in [-0.1, -0.05) is 42.5 Å². The molecule has 0 aliphatic heterocycles. The minimum Gasteiger partial charge on any atom is -0.508 e. The van der Waals surface area contributed by atoms with E-state index < -0.39 is 17.9 Å². The fourth-order valence-corrected chi connectivity index (χ4v) is 2.88. The number of carbonyl (C=O) groups is 3. The molecule has 0 fully saturated rings. The van der Waals surface area contributed by atoms with Crippen LogP contribution in [-0.4, -0.2) is 34.0 Å². The highest BCUT2D eigenvalue weighted by Crippen LogP contribution is 2.17. The Hall–Kier alpha value is -4.13. The van der Waals surface area contributed by atoms with E-state index in [4.69, 9.17) is 0 Å². The molecule has 0 aromatic heterocycles. The number of carboxylic acid groups (broad SMARTS) is 1. The highest BCUT2D eigenvalue weighted by Gasteiger charge is 2.23. The maximum absolute atomic E-state index is 12.8. The summed E-state index contributed by atoms with van der Waals surface area (Å²) in [5.74, 6) is -2.13. The van der Waals surface area contributed by atoms with Crippen LogP contribution >= 0.6 is 0 Å². The molecule has 4 N–H and O–H groups in total. The predicted molar refractivity (Wildman–Crippen MR) is 112 cm³/mol. The third-order valence-electron chi connectivity index (χ3n) is 4.44. The molecule has 3 rings (SSSR count). The first-order chi connectivity index (χ1) is 14.4. The zero-order valence-electron chi connectivity index (χ0n) is 15.9. The summed E-state index contributed by atoms with van der Waals surface area (Å²) in [6.45, 7) is 0. The number of aromatic hydroxyl groups is 1. The van der Waals surface area contributed by atoms with Gasteiger partial charge >= 0.3 is 5.97 Å². The zero-order valence-corrected chi connectivity index (χ0v) is 15.9. The van der Waals surface area contributed by atoms with Gasteiger partial charge in [-0.25, -0.2) is 4.79 Å². The summed E-state index contributed by atoms with van der Waals surface area (Å²) in [5.41, 5.74) is 1.51. The fourth-order valence-electron chi connectivity index (χ4n) is 2.88. The second-order valence-electron chi connectivity index (χ2n) is 6.60. The normalized spacial score (nSPS) is 11.3. The van der Waals surface area contributed by atoms with Crippen LogP contribution in [-0.2, 0) is 11.2 Å². The molecule has 152 valence electrons. The van der Waals surface area contributed by atoms with Gasteiger partial charge in [0.05, 0.1) is 11.3 Å². The van der Waals surface area contributed by atoms with Crippen LogP contribution in [0.5, 0.6) is 5.75 Å². The first-order valence-electron chi connectivity index (χ1n) is 9.21. The maximum atomic E-state index is 12.8. The first kappa shape index (κ1) is 20.6. The van der Waals surface area contributed by atoms with Gasteiger partial charge in [-0.05, 0) is 42.0 Å². The molecule has 0 aliphatic carbocycles. The van der Waals surface area contributed by atoms with Crippen molar-refractivity contribution in [2.75, 3.05) is 5.32 Å². The second-order valence-corrected chi connectivity index (χ2v) is 6.60. The molecule has 7 nitrogen and oxygen atoms in total. The number of hydrogen-bond acceptors (Lipinski definition) is 4. The van der Waals surface area contributed by atoms with Crippen molar-refractivity contribution in [2.45, 2.75) is 12.5 Å². The number of nitrogens with one attached hydrogen (secondary N) is 2. The lowest BCUT2D eigenvalue weighted by Crippen LogP contribution is -2.42. The smallest absolute Gasteiger partial charge is 0.326 e. The van der Waals surface area contributed by atoms with E-state index in [1.54, 1.807) is 60.7 Å². The Kier molecular flexibility index (Phi) is 6.44. The standard InChI is InChI=1S/C23H20N2O5/c26-17-12-10-15(11-13-17)14-20(23(29)30)25-22(28)18-8-4-5-9-19(18)24-21(27)16-6-2-1-3-7-16/h1-13,20,26H,14H2,(H,24,27)(H,25,28)(H,29,30)/t20-/m0/s1. The van der Waals surface area contributed by atoms with E-state index in [2.05, 4.69) is 10.6 Å². The van der Waals surface area contributed by atoms with Crippen molar-refractivity contribution in [1.82, 2.24) is 5.32 Å². The van der Waals surface area contributed by atoms with E-state index in [0.717, 1.165) is 0 Å². The Morgan fingerprint density at radius 1 is 0.800 bits per heavy atom. The summed E-state index contributed by atoms with van der Waals surface area (Å²) in [6, 6.07) is 19.8. The van der Waals surface area contributed by atoms with Crippen molar-refractivity contribution >= 4 is 23.5 Å². The molecule has 0 aliphatic rings. The van der Waals surface area contributed by atoms with Gasteiger partial charge in [0.2, 0.25) is 0 Å². The van der Waals surface area contributed by atoms with E-state index in [-0.39, 0.29) is 29.3 Å². The van der Waals surface area contributed by atoms with Gasteiger partial charge in [0.25, 0.3) is 11.8 Å². The van der Waals surface area contributed by atoms with Crippen molar-refractivity contribution in [3.63, 3.8) is 0 Å². The Morgan fingerprint density at radius 3 is 2.10 bits per heavy atom. The molecular formula is C23H20N2O5. The fraction of sp³-hybridized carbons (Fsp3) is 0.0870. The summed E-state index contributed by atoms with van der Waals surface area (Å²) < 4.78 is 0. The lowest BCUT2D eigenvalue weighted by atomic mass is 10.0. The number of para-hydroxylation sites is 1. The van der Waals surface area contributed by atoms with Crippen LogP contribution in [0.2, 0.25) is 0 Å². The van der Waals surface area contributed by atoms with E-state index in [1.165, 1.54) is 18.2 Å². The van der Waals surface area contributed by atoms with E-state index >= 15 is 0 Å². The van der Waals surface area contributed by atoms with Gasteiger partial charge < -0.3 is 20.8 Å². The van der Waals surface area contributed by atoms with Crippen LogP contribution in [0.15, 0.2) is 78.9 Å². The summed E-state index contributed by atoms with van der Waals surface area (Å²) >= 11 is 0. The molecule has 0 bridgehead atoms. The van der Waals surface area contributed by atoms with Crippen molar-refractivity contribution in [1.29, 1.82) is 0 Å². The summed E-state index contributed by atoms with van der Waals surface area (Å²) in [5, 5.41) is 24.1. The van der Waals surface area contributed by atoms with Gasteiger partial charge in [-0.2, -0.15) is 0 Å². The molecule has 0 radical (unpaired) electrons. The Bertz CT molecular complexity index is 1050. The molecule has 3 aromatic carbocycles. The molecule has 2 amide bonds. The number of phenolic OH excluding ortho intramolecular Hbond substituents is 1. The number of benzene rings is 3. The number of carboxylic acids is 1. The number of aliphatic carboxylic acids is 1. The number of rotatable bonds is 7. The van der Waals surface area contributed by atoms with Crippen molar-refractivity contribution in [3.05, 3.63) is 95.6 Å².